The first kappa shape index (κ1) is 9.48. The minimum absolute atomic E-state index is 0.803. The summed E-state index contributed by atoms with van der Waals surface area (Å²) in [6, 6.07) is 0. The SMILES string of the molecule is CCOCCCNc1nccs1. The van der Waals surface area contributed by atoms with Crippen LogP contribution >= 0.6 is 11.3 Å². The van der Waals surface area contributed by atoms with Crippen LogP contribution in [0.25, 0.3) is 0 Å². The van der Waals surface area contributed by atoms with E-state index in [0.717, 1.165) is 31.3 Å². The Morgan fingerprint density at radius 1 is 1.67 bits per heavy atom. The molecule has 4 heteroatoms. The molecule has 0 fully saturated rings. The van der Waals surface area contributed by atoms with Crippen molar-refractivity contribution in [3.8, 4) is 0 Å². The molecule has 1 N–H and O–H groups in total. The van der Waals surface area contributed by atoms with Crippen molar-refractivity contribution in [2.45, 2.75) is 13.3 Å². The Labute approximate surface area is 76.8 Å². The second kappa shape index (κ2) is 5.97. The van der Waals surface area contributed by atoms with Gasteiger partial charge in [0.2, 0.25) is 0 Å². The van der Waals surface area contributed by atoms with Crippen molar-refractivity contribution in [3.63, 3.8) is 0 Å². The highest BCUT2D eigenvalue weighted by Gasteiger charge is 1.91. The summed E-state index contributed by atoms with van der Waals surface area (Å²) in [5.41, 5.74) is 0. The van der Waals surface area contributed by atoms with Gasteiger partial charge in [-0.25, -0.2) is 4.98 Å². The summed E-state index contributed by atoms with van der Waals surface area (Å²) < 4.78 is 5.20. The van der Waals surface area contributed by atoms with Crippen LogP contribution in [0.2, 0.25) is 0 Å². The number of thiazole rings is 1. The lowest BCUT2D eigenvalue weighted by molar-refractivity contribution is 0.147. The van der Waals surface area contributed by atoms with Gasteiger partial charge in [-0.15, -0.1) is 11.3 Å². The van der Waals surface area contributed by atoms with Crippen molar-refractivity contribution in [2.75, 3.05) is 25.1 Å². The second-order valence-electron chi connectivity index (χ2n) is 2.31. The summed E-state index contributed by atoms with van der Waals surface area (Å²) in [5, 5.41) is 6.17. The summed E-state index contributed by atoms with van der Waals surface area (Å²) in [6.45, 7) is 4.58. The molecule has 68 valence electrons. The van der Waals surface area contributed by atoms with Crippen molar-refractivity contribution >= 4 is 16.5 Å². The predicted molar refractivity (Wildman–Crippen MR) is 51.7 cm³/mol. The van der Waals surface area contributed by atoms with Gasteiger partial charge >= 0.3 is 0 Å². The van der Waals surface area contributed by atoms with Crippen LogP contribution in [0, 0.1) is 0 Å². The molecule has 1 heterocycles. The maximum Gasteiger partial charge on any atom is 0.182 e. The summed E-state index contributed by atoms with van der Waals surface area (Å²) in [7, 11) is 0. The maximum absolute atomic E-state index is 5.20. The Kier molecular flexibility index (Phi) is 4.71. The van der Waals surface area contributed by atoms with Gasteiger partial charge in [-0.3, -0.25) is 0 Å². The number of nitrogens with zero attached hydrogens (tertiary/aromatic N) is 1. The minimum Gasteiger partial charge on any atom is -0.382 e. The molecule has 0 bridgehead atoms. The van der Waals surface area contributed by atoms with Crippen molar-refractivity contribution in [1.82, 2.24) is 4.98 Å². The fourth-order valence-electron chi connectivity index (χ4n) is 0.825. The number of hydrogen-bond acceptors (Lipinski definition) is 4. The molecule has 0 saturated heterocycles. The normalized spacial score (nSPS) is 10.1. The average molecular weight is 186 g/mol. The summed E-state index contributed by atoms with van der Waals surface area (Å²) in [6.07, 6.45) is 2.84. The lowest BCUT2D eigenvalue weighted by Crippen LogP contribution is -2.05. The molecule has 0 amide bonds. The van der Waals surface area contributed by atoms with Gasteiger partial charge in [0.05, 0.1) is 0 Å². The van der Waals surface area contributed by atoms with E-state index in [4.69, 9.17) is 4.74 Å². The van der Waals surface area contributed by atoms with Crippen LogP contribution in [-0.4, -0.2) is 24.7 Å². The van der Waals surface area contributed by atoms with Crippen molar-refractivity contribution in [1.29, 1.82) is 0 Å². The first-order valence-corrected chi connectivity index (χ1v) is 5.02. The van der Waals surface area contributed by atoms with E-state index < -0.39 is 0 Å². The van der Waals surface area contributed by atoms with Crippen molar-refractivity contribution < 1.29 is 4.74 Å². The predicted octanol–water partition coefficient (Wildman–Crippen LogP) is 1.98. The van der Waals surface area contributed by atoms with Gasteiger partial charge in [-0.1, -0.05) is 0 Å². The fraction of sp³-hybridized carbons (Fsp3) is 0.625. The van der Waals surface area contributed by atoms with E-state index in [0.29, 0.717) is 0 Å². The Hall–Kier alpha value is -0.610. The third-order valence-corrected chi connectivity index (χ3v) is 2.11. The van der Waals surface area contributed by atoms with Crippen LogP contribution in [-0.2, 0) is 4.74 Å². The number of anilines is 1. The maximum atomic E-state index is 5.20. The third kappa shape index (κ3) is 3.69. The lowest BCUT2D eigenvalue weighted by Gasteiger charge is -2.01. The highest BCUT2D eigenvalue weighted by atomic mass is 32.1. The fourth-order valence-corrected chi connectivity index (χ4v) is 1.38. The van der Waals surface area contributed by atoms with Crippen LogP contribution in [0.5, 0.6) is 0 Å². The van der Waals surface area contributed by atoms with Gasteiger partial charge in [0, 0.05) is 31.3 Å². The molecule has 0 aliphatic heterocycles. The number of aromatic nitrogens is 1. The number of nitrogens with one attached hydrogen (secondary N) is 1. The van der Waals surface area contributed by atoms with Gasteiger partial charge in [-0.2, -0.15) is 0 Å². The Morgan fingerprint density at radius 2 is 2.58 bits per heavy atom. The van der Waals surface area contributed by atoms with Crippen molar-refractivity contribution in [2.24, 2.45) is 0 Å². The van der Waals surface area contributed by atoms with Crippen LogP contribution < -0.4 is 5.32 Å². The quantitative estimate of drug-likeness (QED) is 0.690. The van der Waals surface area contributed by atoms with Crippen LogP contribution in [0.4, 0.5) is 5.13 Å². The monoisotopic (exact) mass is 186 g/mol. The molecule has 0 saturated carbocycles. The molecule has 0 atom stereocenters. The third-order valence-electron chi connectivity index (χ3n) is 1.38. The molecular weight excluding hydrogens is 172 g/mol. The van der Waals surface area contributed by atoms with Gasteiger partial charge in [0.1, 0.15) is 0 Å². The topological polar surface area (TPSA) is 34.1 Å². The molecule has 0 aliphatic rings. The molecule has 1 aromatic heterocycles. The molecule has 0 aliphatic carbocycles. The van der Waals surface area contributed by atoms with Crippen LogP contribution in [0.1, 0.15) is 13.3 Å². The van der Waals surface area contributed by atoms with E-state index in [1.165, 1.54) is 0 Å². The van der Waals surface area contributed by atoms with E-state index in [1.54, 1.807) is 17.5 Å². The molecule has 0 radical (unpaired) electrons. The highest BCUT2D eigenvalue weighted by molar-refractivity contribution is 7.13. The Morgan fingerprint density at radius 3 is 3.25 bits per heavy atom. The van der Waals surface area contributed by atoms with Crippen LogP contribution in [0.15, 0.2) is 11.6 Å². The molecule has 0 unspecified atom stereocenters. The first-order chi connectivity index (χ1) is 5.93. The zero-order chi connectivity index (χ0) is 8.65. The van der Waals surface area contributed by atoms with E-state index in [9.17, 15) is 0 Å². The molecule has 1 aromatic rings. The molecule has 3 nitrogen and oxygen atoms in total. The van der Waals surface area contributed by atoms with E-state index in [1.807, 2.05) is 12.3 Å². The summed E-state index contributed by atoms with van der Waals surface area (Å²) in [4.78, 5) is 4.10. The van der Waals surface area contributed by atoms with Crippen LogP contribution in [0.3, 0.4) is 0 Å². The van der Waals surface area contributed by atoms with Gasteiger partial charge in [0.15, 0.2) is 5.13 Å². The molecule has 12 heavy (non-hydrogen) atoms. The lowest BCUT2D eigenvalue weighted by atomic mass is 10.4. The zero-order valence-electron chi connectivity index (χ0n) is 7.25. The van der Waals surface area contributed by atoms with E-state index >= 15 is 0 Å². The van der Waals surface area contributed by atoms with E-state index in [2.05, 4.69) is 10.3 Å². The minimum atomic E-state index is 0.803. The van der Waals surface area contributed by atoms with Crippen molar-refractivity contribution in [3.05, 3.63) is 11.6 Å². The molecule has 1 rings (SSSR count). The Bertz CT molecular complexity index is 189. The second-order valence-corrected chi connectivity index (χ2v) is 3.21. The van der Waals surface area contributed by atoms with E-state index in [-0.39, 0.29) is 0 Å². The average Bonchev–Trinajstić information content (AvgIpc) is 2.57. The van der Waals surface area contributed by atoms with Gasteiger partial charge < -0.3 is 10.1 Å². The standard InChI is InChI=1S/C8H14N2OS/c1-2-11-6-3-4-9-8-10-5-7-12-8/h5,7H,2-4,6H2,1H3,(H,9,10). The smallest absolute Gasteiger partial charge is 0.182 e. The molecular formula is C8H14N2OS. The van der Waals surface area contributed by atoms with Gasteiger partial charge in [0.25, 0.3) is 0 Å². The zero-order valence-corrected chi connectivity index (χ0v) is 8.06. The number of rotatable bonds is 6. The highest BCUT2D eigenvalue weighted by Crippen LogP contribution is 2.09. The summed E-state index contributed by atoms with van der Waals surface area (Å²) >= 11 is 1.62. The van der Waals surface area contributed by atoms with Gasteiger partial charge in [-0.05, 0) is 13.3 Å². The Balaban J connectivity index is 1.96. The molecule has 0 aromatic carbocycles. The first-order valence-electron chi connectivity index (χ1n) is 4.14. The number of ether oxygens (including phenoxy) is 1. The largest absolute Gasteiger partial charge is 0.382 e. The number of hydrogen-bond donors (Lipinski definition) is 1. The summed E-state index contributed by atoms with van der Waals surface area (Å²) in [5.74, 6) is 0. The molecule has 0 spiro atoms.